The number of rotatable bonds is 4. The number of nitriles is 1. The first kappa shape index (κ1) is 11.7. The number of hydrogen-bond acceptors (Lipinski definition) is 3. The van der Waals surface area contributed by atoms with Crippen molar-refractivity contribution >= 4 is 11.8 Å². The van der Waals surface area contributed by atoms with Crippen molar-refractivity contribution in [3.63, 3.8) is 0 Å². The highest BCUT2D eigenvalue weighted by atomic mass is 32.2. The molecule has 1 aromatic carbocycles. The van der Waals surface area contributed by atoms with E-state index in [0.717, 1.165) is 17.1 Å². The summed E-state index contributed by atoms with van der Waals surface area (Å²) < 4.78 is 0. The van der Waals surface area contributed by atoms with Crippen LogP contribution in [-0.4, -0.2) is 4.98 Å². The molecule has 3 heteroatoms. The predicted octanol–water partition coefficient (Wildman–Crippen LogP) is 3.39. The van der Waals surface area contributed by atoms with E-state index in [1.807, 2.05) is 30.3 Å². The molecular formula is C14H12N2S. The maximum absolute atomic E-state index is 8.91. The molecule has 1 heterocycles. The highest BCUT2D eigenvalue weighted by molar-refractivity contribution is 7.97. The third kappa shape index (κ3) is 3.33. The van der Waals surface area contributed by atoms with Crippen LogP contribution in [0.4, 0.5) is 0 Å². The van der Waals surface area contributed by atoms with Crippen LogP contribution < -0.4 is 0 Å². The normalized spacial score (nSPS) is 9.82. The number of benzene rings is 1. The van der Waals surface area contributed by atoms with E-state index < -0.39 is 0 Å². The number of hydrogen-bond donors (Lipinski definition) is 0. The van der Waals surface area contributed by atoms with Crippen molar-refractivity contribution in [1.29, 1.82) is 5.26 Å². The molecule has 0 radical (unpaired) electrons. The van der Waals surface area contributed by atoms with Gasteiger partial charge in [0, 0.05) is 17.7 Å². The lowest BCUT2D eigenvalue weighted by atomic mass is 10.2. The first-order chi connectivity index (χ1) is 8.40. The van der Waals surface area contributed by atoms with E-state index in [9.17, 15) is 0 Å². The molecular weight excluding hydrogens is 228 g/mol. The monoisotopic (exact) mass is 240 g/mol. The fourth-order valence-corrected chi connectivity index (χ4v) is 2.49. The van der Waals surface area contributed by atoms with Gasteiger partial charge in [0.1, 0.15) is 11.8 Å². The van der Waals surface area contributed by atoms with Crippen LogP contribution in [0.2, 0.25) is 0 Å². The summed E-state index contributed by atoms with van der Waals surface area (Å²) in [5, 5.41) is 8.91. The molecule has 0 saturated carbocycles. The zero-order chi connectivity index (χ0) is 11.9. The number of aromatic nitrogens is 1. The highest BCUT2D eigenvalue weighted by Crippen LogP contribution is 2.18. The van der Waals surface area contributed by atoms with Crippen molar-refractivity contribution < 1.29 is 0 Å². The Bertz CT molecular complexity index is 517. The van der Waals surface area contributed by atoms with Crippen LogP contribution in [0.15, 0.2) is 48.7 Å². The zero-order valence-corrected chi connectivity index (χ0v) is 10.2. The summed E-state index contributed by atoms with van der Waals surface area (Å²) in [6.07, 6.45) is 1.66. The lowest BCUT2D eigenvalue weighted by Crippen LogP contribution is -1.91. The molecule has 0 spiro atoms. The van der Waals surface area contributed by atoms with Crippen LogP contribution >= 0.6 is 11.8 Å². The molecule has 2 nitrogen and oxygen atoms in total. The molecule has 17 heavy (non-hydrogen) atoms. The van der Waals surface area contributed by atoms with Gasteiger partial charge >= 0.3 is 0 Å². The third-order valence-electron chi connectivity index (χ3n) is 2.37. The molecule has 0 saturated heterocycles. The van der Waals surface area contributed by atoms with Crippen LogP contribution in [0.5, 0.6) is 0 Å². The predicted molar refractivity (Wildman–Crippen MR) is 70.4 cm³/mol. The van der Waals surface area contributed by atoms with Crippen LogP contribution in [0.3, 0.4) is 0 Å². The molecule has 1 aromatic heterocycles. The van der Waals surface area contributed by atoms with Crippen molar-refractivity contribution in [1.82, 2.24) is 4.98 Å². The lowest BCUT2D eigenvalue weighted by Gasteiger charge is -2.03. The molecule has 0 aliphatic heterocycles. The minimum atomic E-state index is 0.535. The van der Waals surface area contributed by atoms with Crippen molar-refractivity contribution in [3.8, 4) is 6.07 Å². The van der Waals surface area contributed by atoms with Gasteiger partial charge in [-0.05, 0) is 17.2 Å². The first-order valence-corrected chi connectivity index (χ1v) is 6.51. The Labute approximate surface area is 105 Å². The standard InChI is InChI=1S/C14H12N2S/c15-9-14-13(7-4-8-16-14)11-17-10-12-5-2-1-3-6-12/h1-8H,10-11H2. The van der Waals surface area contributed by atoms with Crippen molar-refractivity contribution in [2.75, 3.05) is 0 Å². The van der Waals surface area contributed by atoms with Gasteiger partial charge in [0.05, 0.1) is 0 Å². The molecule has 84 valence electrons. The molecule has 2 aromatic rings. The van der Waals surface area contributed by atoms with Crippen molar-refractivity contribution in [2.24, 2.45) is 0 Å². The molecule has 0 aliphatic carbocycles. The average molecular weight is 240 g/mol. The highest BCUT2D eigenvalue weighted by Gasteiger charge is 2.02. The molecule has 2 rings (SSSR count). The molecule has 0 N–H and O–H groups in total. The second-order valence-corrected chi connectivity index (χ2v) is 4.59. The third-order valence-corrected chi connectivity index (χ3v) is 3.42. The van der Waals surface area contributed by atoms with E-state index in [1.165, 1.54) is 5.56 Å². The molecule has 0 aliphatic rings. The fourth-order valence-electron chi connectivity index (χ4n) is 1.51. The maximum atomic E-state index is 8.91. The minimum Gasteiger partial charge on any atom is -0.245 e. The number of nitrogens with zero attached hydrogens (tertiary/aromatic N) is 2. The second kappa shape index (κ2) is 6.07. The summed E-state index contributed by atoms with van der Waals surface area (Å²) in [6.45, 7) is 0. The first-order valence-electron chi connectivity index (χ1n) is 5.36. The van der Waals surface area contributed by atoms with Gasteiger partial charge in [-0.15, -0.1) is 0 Å². The van der Waals surface area contributed by atoms with Crippen LogP contribution in [0.1, 0.15) is 16.8 Å². The van der Waals surface area contributed by atoms with Gasteiger partial charge in [-0.1, -0.05) is 36.4 Å². The van der Waals surface area contributed by atoms with Gasteiger partial charge in [-0.2, -0.15) is 17.0 Å². The van der Waals surface area contributed by atoms with Crippen LogP contribution in [0, 0.1) is 11.3 Å². The molecule has 0 amide bonds. The summed E-state index contributed by atoms with van der Waals surface area (Å²) in [6, 6.07) is 16.3. The topological polar surface area (TPSA) is 36.7 Å². The van der Waals surface area contributed by atoms with E-state index in [2.05, 4.69) is 23.2 Å². The van der Waals surface area contributed by atoms with E-state index in [1.54, 1.807) is 18.0 Å². The molecule has 0 fully saturated rings. The lowest BCUT2D eigenvalue weighted by molar-refractivity contribution is 1.19. The Morgan fingerprint density at radius 2 is 1.88 bits per heavy atom. The Balaban J connectivity index is 1.93. The summed E-state index contributed by atoms with van der Waals surface area (Å²) in [4.78, 5) is 4.05. The van der Waals surface area contributed by atoms with Gasteiger partial charge in [0.2, 0.25) is 0 Å². The SMILES string of the molecule is N#Cc1ncccc1CSCc1ccccc1. The summed E-state index contributed by atoms with van der Waals surface area (Å²) in [5.74, 6) is 1.78. The maximum Gasteiger partial charge on any atom is 0.144 e. The number of pyridine rings is 1. The van der Waals surface area contributed by atoms with Crippen molar-refractivity contribution in [2.45, 2.75) is 11.5 Å². The Hall–Kier alpha value is -1.79. The van der Waals surface area contributed by atoms with Gasteiger partial charge in [0.25, 0.3) is 0 Å². The zero-order valence-electron chi connectivity index (χ0n) is 9.34. The fraction of sp³-hybridized carbons (Fsp3) is 0.143. The Morgan fingerprint density at radius 3 is 2.65 bits per heavy atom. The van der Waals surface area contributed by atoms with Gasteiger partial charge in [-0.3, -0.25) is 0 Å². The summed E-state index contributed by atoms with van der Waals surface area (Å²) >= 11 is 1.80. The van der Waals surface area contributed by atoms with Crippen molar-refractivity contribution in [3.05, 3.63) is 65.5 Å². The van der Waals surface area contributed by atoms with Gasteiger partial charge in [0.15, 0.2) is 0 Å². The van der Waals surface area contributed by atoms with Crippen LogP contribution in [0.25, 0.3) is 0 Å². The Morgan fingerprint density at radius 1 is 1.06 bits per heavy atom. The largest absolute Gasteiger partial charge is 0.245 e. The van der Waals surface area contributed by atoms with Gasteiger partial charge < -0.3 is 0 Å². The summed E-state index contributed by atoms with van der Waals surface area (Å²) in [7, 11) is 0. The minimum absolute atomic E-state index is 0.535. The molecule has 0 bridgehead atoms. The Kier molecular flexibility index (Phi) is 4.17. The van der Waals surface area contributed by atoms with Gasteiger partial charge in [-0.25, -0.2) is 4.98 Å². The van der Waals surface area contributed by atoms with E-state index in [0.29, 0.717) is 5.69 Å². The van der Waals surface area contributed by atoms with Crippen LogP contribution in [-0.2, 0) is 11.5 Å². The average Bonchev–Trinajstić information content (AvgIpc) is 2.40. The molecule has 0 unspecified atom stereocenters. The van der Waals surface area contributed by atoms with E-state index in [-0.39, 0.29) is 0 Å². The second-order valence-electron chi connectivity index (χ2n) is 3.60. The molecule has 0 atom stereocenters. The summed E-state index contributed by atoms with van der Waals surface area (Å²) in [5.41, 5.74) is 2.85. The van der Waals surface area contributed by atoms with E-state index in [4.69, 9.17) is 5.26 Å². The van der Waals surface area contributed by atoms with E-state index >= 15 is 0 Å². The quantitative estimate of drug-likeness (QED) is 0.822. The smallest absolute Gasteiger partial charge is 0.144 e. The number of thioether (sulfide) groups is 1.